The number of carboxylic acid groups (broad SMARTS) is 2. The van der Waals surface area contributed by atoms with Gasteiger partial charge in [-0.3, -0.25) is 0 Å². The number of esters is 2. The van der Waals surface area contributed by atoms with Crippen molar-refractivity contribution in [3.63, 3.8) is 0 Å². The maximum absolute atomic E-state index is 11.7. The first-order chi connectivity index (χ1) is 15.2. The number of aliphatic carboxylic acids is 2. The first kappa shape index (κ1) is 31.5. The van der Waals surface area contributed by atoms with Crippen molar-refractivity contribution in [2.24, 2.45) is 11.8 Å². The van der Waals surface area contributed by atoms with Gasteiger partial charge < -0.3 is 19.7 Å². The Hall–Kier alpha value is -2.64. The quantitative estimate of drug-likeness (QED) is 0.251. The van der Waals surface area contributed by atoms with Gasteiger partial charge in [0.25, 0.3) is 0 Å². The molecule has 8 nitrogen and oxygen atoms in total. The zero-order valence-corrected chi connectivity index (χ0v) is 19.9. The average molecular weight is 457 g/mol. The average Bonchev–Trinajstić information content (AvgIpc) is 2.77. The van der Waals surface area contributed by atoms with Crippen LogP contribution in [0, 0.1) is 11.8 Å². The molecule has 0 spiro atoms. The van der Waals surface area contributed by atoms with Gasteiger partial charge in [-0.1, -0.05) is 66.2 Å². The van der Waals surface area contributed by atoms with Crippen molar-refractivity contribution in [2.75, 3.05) is 13.2 Å². The highest BCUT2D eigenvalue weighted by Crippen LogP contribution is 2.14. The van der Waals surface area contributed by atoms with Crippen LogP contribution in [-0.4, -0.2) is 47.3 Å². The monoisotopic (exact) mass is 456 g/mol. The van der Waals surface area contributed by atoms with Crippen molar-refractivity contribution in [2.45, 2.75) is 79.1 Å². The Bertz CT molecular complexity index is 545. The number of carbonyl (C=O) groups is 4. The Kier molecular flexibility index (Phi) is 21.3. The number of rotatable bonds is 16. The third kappa shape index (κ3) is 22.1. The molecular formula is C24H40O8. The van der Waals surface area contributed by atoms with Gasteiger partial charge in [-0.15, -0.1) is 0 Å². The van der Waals surface area contributed by atoms with Crippen molar-refractivity contribution >= 4 is 23.9 Å². The maximum Gasteiger partial charge on any atom is 0.331 e. The summed E-state index contributed by atoms with van der Waals surface area (Å²) in [5.74, 6) is -2.66. The van der Waals surface area contributed by atoms with Crippen molar-refractivity contribution in [3.05, 3.63) is 24.3 Å². The molecular weight excluding hydrogens is 416 g/mol. The predicted octanol–water partition coefficient (Wildman–Crippen LogP) is 4.77. The number of carboxylic acids is 2. The van der Waals surface area contributed by atoms with Crippen LogP contribution in [0.5, 0.6) is 0 Å². The van der Waals surface area contributed by atoms with Crippen LogP contribution in [0.25, 0.3) is 0 Å². The van der Waals surface area contributed by atoms with Crippen LogP contribution in [0.3, 0.4) is 0 Å². The third-order valence-electron chi connectivity index (χ3n) is 4.73. The van der Waals surface area contributed by atoms with Crippen molar-refractivity contribution in [3.8, 4) is 0 Å². The lowest BCUT2D eigenvalue weighted by molar-refractivity contribution is -0.142. The molecule has 184 valence electrons. The summed E-state index contributed by atoms with van der Waals surface area (Å²) in [6.45, 7) is 9.35. The summed E-state index contributed by atoms with van der Waals surface area (Å²) in [6, 6.07) is 0. The van der Waals surface area contributed by atoms with Gasteiger partial charge in [0.05, 0.1) is 13.2 Å². The lowest BCUT2D eigenvalue weighted by Crippen LogP contribution is -2.14. The normalized spacial score (nSPS) is 12.6. The lowest BCUT2D eigenvalue weighted by Gasteiger charge is -2.14. The van der Waals surface area contributed by atoms with Crippen LogP contribution >= 0.6 is 0 Å². The summed E-state index contributed by atoms with van der Waals surface area (Å²) in [6.07, 6.45) is 12.2. The van der Waals surface area contributed by atoms with Gasteiger partial charge in [0, 0.05) is 24.3 Å². The Morgan fingerprint density at radius 3 is 1.25 bits per heavy atom. The van der Waals surface area contributed by atoms with E-state index < -0.39 is 23.9 Å². The first-order valence-electron chi connectivity index (χ1n) is 11.3. The first-order valence-corrected chi connectivity index (χ1v) is 11.3. The number of ether oxygens (including phenoxy) is 2. The number of carbonyl (C=O) groups excluding carboxylic acids is 2. The highest BCUT2D eigenvalue weighted by molar-refractivity contribution is 5.91. The molecule has 0 aromatic rings. The second-order valence-electron chi connectivity index (χ2n) is 7.44. The molecule has 0 aliphatic heterocycles. The van der Waals surface area contributed by atoms with Gasteiger partial charge in [0.1, 0.15) is 0 Å². The molecule has 0 aromatic carbocycles. The van der Waals surface area contributed by atoms with Crippen molar-refractivity contribution < 1.29 is 38.9 Å². The smallest absolute Gasteiger partial charge is 0.331 e. The van der Waals surface area contributed by atoms with Gasteiger partial charge in [-0.2, -0.15) is 0 Å². The summed E-state index contributed by atoms with van der Waals surface area (Å²) in [5, 5.41) is 15.6. The van der Waals surface area contributed by atoms with E-state index in [1.54, 1.807) is 0 Å². The zero-order chi connectivity index (χ0) is 24.8. The number of hydrogen-bond donors (Lipinski definition) is 2. The minimum Gasteiger partial charge on any atom is -0.478 e. The van der Waals surface area contributed by atoms with Gasteiger partial charge in [-0.25, -0.2) is 19.2 Å². The summed E-state index contributed by atoms with van der Waals surface area (Å²) in [7, 11) is 0. The molecule has 0 saturated heterocycles. The Labute approximate surface area is 191 Å². The van der Waals surface area contributed by atoms with Crippen LogP contribution in [0.15, 0.2) is 24.3 Å². The Morgan fingerprint density at radius 1 is 0.656 bits per heavy atom. The summed E-state index contributed by atoms with van der Waals surface area (Å²) < 4.78 is 10.4. The third-order valence-corrected chi connectivity index (χ3v) is 4.73. The van der Waals surface area contributed by atoms with Gasteiger partial charge >= 0.3 is 23.9 Å². The fraction of sp³-hybridized carbons (Fsp3) is 0.667. The molecule has 0 aromatic heterocycles. The molecule has 0 rings (SSSR count). The number of unbranched alkanes of at least 4 members (excludes halogenated alkanes) is 2. The van der Waals surface area contributed by atoms with Crippen LogP contribution in [-0.2, 0) is 28.7 Å². The number of hydrogen-bond acceptors (Lipinski definition) is 6. The van der Waals surface area contributed by atoms with E-state index in [1.807, 2.05) is 0 Å². The second-order valence-corrected chi connectivity index (χ2v) is 7.44. The maximum atomic E-state index is 11.7. The largest absolute Gasteiger partial charge is 0.478 e. The van der Waals surface area contributed by atoms with Gasteiger partial charge in [0.2, 0.25) is 0 Å². The summed E-state index contributed by atoms with van der Waals surface area (Å²) in [4.78, 5) is 42.4. The molecule has 2 N–H and O–H groups in total. The molecule has 0 amide bonds. The minimum atomic E-state index is -1.26. The Morgan fingerprint density at radius 2 is 1.00 bits per heavy atom. The molecule has 0 bridgehead atoms. The molecule has 32 heavy (non-hydrogen) atoms. The standard InChI is InChI=1S/C20H36O4.C4H4O4/c1-5-9-11-17(7-3)15-23-19(21)13-14-20(22)24-16-18(8-4)12-10-6-2;5-3(6)1-2-4(7)8/h13-14,17-18H,5-12,15-16H2,1-4H3;1-2H,(H,5,6)(H,7,8). The summed E-state index contributed by atoms with van der Waals surface area (Å²) in [5.41, 5.74) is 0. The molecule has 0 aliphatic carbocycles. The fourth-order valence-electron chi connectivity index (χ4n) is 2.57. The zero-order valence-electron chi connectivity index (χ0n) is 19.9. The van der Waals surface area contributed by atoms with Crippen LogP contribution < -0.4 is 0 Å². The van der Waals surface area contributed by atoms with Crippen molar-refractivity contribution in [1.82, 2.24) is 0 Å². The highest BCUT2D eigenvalue weighted by Gasteiger charge is 2.10. The fourth-order valence-corrected chi connectivity index (χ4v) is 2.57. The predicted molar refractivity (Wildman–Crippen MR) is 122 cm³/mol. The molecule has 0 fully saturated rings. The molecule has 0 aliphatic rings. The van der Waals surface area contributed by atoms with Crippen LogP contribution in [0.4, 0.5) is 0 Å². The highest BCUT2D eigenvalue weighted by atomic mass is 16.5. The second kappa shape index (κ2) is 21.6. The molecule has 0 radical (unpaired) electrons. The summed E-state index contributed by atoms with van der Waals surface area (Å²) >= 11 is 0. The topological polar surface area (TPSA) is 127 Å². The minimum absolute atomic E-state index is 0.401. The van der Waals surface area contributed by atoms with Crippen LogP contribution in [0.1, 0.15) is 79.1 Å². The van der Waals surface area contributed by atoms with E-state index in [9.17, 15) is 19.2 Å². The van der Waals surface area contributed by atoms with E-state index in [2.05, 4.69) is 27.7 Å². The molecule has 2 atom stereocenters. The molecule has 2 unspecified atom stereocenters. The lowest BCUT2D eigenvalue weighted by atomic mass is 10.0. The van der Waals surface area contributed by atoms with Crippen LogP contribution in [0.2, 0.25) is 0 Å². The molecule has 8 heteroatoms. The van der Waals surface area contributed by atoms with E-state index in [0.29, 0.717) is 37.2 Å². The molecule has 0 heterocycles. The SMILES string of the molecule is CCCCC(CC)COC(=O)C=CC(=O)OCC(CC)CCCC.O=C(O)C=CC(=O)O. The van der Waals surface area contributed by atoms with E-state index in [-0.39, 0.29) is 0 Å². The van der Waals surface area contributed by atoms with E-state index in [1.165, 1.54) is 12.2 Å². The van der Waals surface area contributed by atoms with E-state index in [0.717, 1.165) is 51.4 Å². The molecule has 0 saturated carbocycles. The van der Waals surface area contributed by atoms with Crippen molar-refractivity contribution in [1.29, 1.82) is 0 Å². The van der Waals surface area contributed by atoms with Gasteiger partial charge in [0.15, 0.2) is 0 Å². The Balaban J connectivity index is 0. The van der Waals surface area contributed by atoms with Gasteiger partial charge in [-0.05, 0) is 24.7 Å². The van der Waals surface area contributed by atoms with E-state index >= 15 is 0 Å². The van der Waals surface area contributed by atoms with E-state index in [4.69, 9.17) is 19.7 Å².